The van der Waals surface area contributed by atoms with E-state index in [0.29, 0.717) is 23.8 Å². The lowest BCUT2D eigenvalue weighted by atomic mass is 9.84. The summed E-state index contributed by atoms with van der Waals surface area (Å²) < 4.78 is 17.6. The van der Waals surface area contributed by atoms with E-state index in [1.54, 1.807) is 0 Å². The van der Waals surface area contributed by atoms with Crippen LogP contribution in [0.1, 0.15) is 44.9 Å². The molecule has 1 amide bonds. The van der Waals surface area contributed by atoms with E-state index in [1.807, 2.05) is 4.90 Å². The highest BCUT2D eigenvalue weighted by atomic mass is 16.5. The van der Waals surface area contributed by atoms with Crippen LogP contribution < -0.4 is 0 Å². The molecule has 0 bridgehead atoms. The van der Waals surface area contributed by atoms with E-state index in [1.165, 1.54) is 12.8 Å². The van der Waals surface area contributed by atoms with Crippen molar-refractivity contribution in [2.45, 2.75) is 56.7 Å². The van der Waals surface area contributed by atoms with Gasteiger partial charge in [-0.1, -0.05) is 0 Å². The van der Waals surface area contributed by atoms with Crippen LogP contribution in [0.3, 0.4) is 0 Å². The predicted molar refractivity (Wildman–Crippen MR) is 85.1 cm³/mol. The topological polar surface area (TPSA) is 48.0 Å². The van der Waals surface area contributed by atoms with Gasteiger partial charge < -0.3 is 19.1 Å². The minimum absolute atomic E-state index is 0.113. The van der Waals surface area contributed by atoms with Gasteiger partial charge in [0.05, 0.1) is 19.2 Å². The molecular formula is C18H29NO4. The first-order valence-electron chi connectivity index (χ1n) is 9.33. The van der Waals surface area contributed by atoms with Gasteiger partial charge in [0.1, 0.15) is 5.60 Å². The van der Waals surface area contributed by atoms with Crippen LogP contribution in [0.25, 0.3) is 0 Å². The van der Waals surface area contributed by atoms with Gasteiger partial charge in [0.15, 0.2) is 0 Å². The quantitative estimate of drug-likeness (QED) is 0.776. The zero-order valence-electron chi connectivity index (χ0n) is 14.0. The van der Waals surface area contributed by atoms with Gasteiger partial charge in [-0.3, -0.25) is 4.79 Å². The molecule has 5 heteroatoms. The molecular weight excluding hydrogens is 294 g/mol. The summed E-state index contributed by atoms with van der Waals surface area (Å²) in [7, 11) is 0. The predicted octanol–water partition coefficient (Wildman–Crippen LogP) is 1.99. The van der Waals surface area contributed by atoms with E-state index in [9.17, 15) is 4.79 Å². The largest absolute Gasteiger partial charge is 0.381 e. The molecule has 1 spiro atoms. The monoisotopic (exact) mass is 323 g/mol. The van der Waals surface area contributed by atoms with Crippen molar-refractivity contribution in [2.24, 2.45) is 11.8 Å². The van der Waals surface area contributed by atoms with Crippen LogP contribution in [0.5, 0.6) is 0 Å². The average molecular weight is 323 g/mol. The third-order valence-electron chi connectivity index (χ3n) is 5.83. The first-order chi connectivity index (χ1) is 11.2. The number of nitrogens with zero attached hydrogens (tertiary/aromatic N) is 1. The highest BCUT2D eigenvalue weighted by Gasteiger charge is 2.49. The zero-order valence-corrected chi connectivity index (χ0v) is 14.0. The van der Waals surface area contributed by atoms with Gasteiger partial charge in [0.2, 0.25) is 5.91 Å². The molecule has 0 aromatic carbocycles. The standard InChI is InChI=1S/C18H29NO4/c20-17(9-14-1-2-14)19-12-18(13-19)10-16(5-8-23-18)22-11-15-3-6-21-7-4-15/h14-16H,1-13H2/t16-/m1/s1. The molecule has 1 atom stereocenters. The molecule has 3 aliphatic heterocycles. The highest BCUT2D eigenvalue weighted by molar-refractivity contribution is 5.78. The van der Waals surface area contributed by atoms with Crippen molar-refractivity contribution in [1.82, 2.24) is 4.90 Å². The van der Waals surface area contributed by atoms with Gasteiger partial charge in [-0.2, -0.15) is 0 Å². The van der Waals surface area contributed by atoms with Crippen molar-refractivity contribution < 1.29 is 19.0 Å². The van der Waals surface area contributed by atoms with Crippen LogP contribution >= 0.6 is 0 Å². The second kappa shape index (κ2) is 6.69. The van der Waals surface area contributed by atoms with E-state index < -0.39 is 0 Å². The number of ether oxygens (including phenoxy) is 3. The maximum absolute atomic E-state index is 12.1. The second-order valence-electron chi connectivity index (χ2n) is 7.93. The van der Waals surface area contributed by atoms with Crippen LogP contribution in [0, 0.1) is 11.8 Å². The fraction of sp³-hybridized carbons (Fsp3) is 0.944. The summed E-state index contributed by atoms with van der Waals surface area (Å²) >= 11 is 0. The minimum atomic E-state index is -0.113. The summed E-state index contributed by atoms with van der Waals surface area (Å²) in [5, 5.41) is 0. The number of likely N-dealkylation sites (tertiary alicyclic amines) is 1. The Morgan fingerprint density at radius 1 is 1.04 bits per heavy atom. The van der Waals surface area contributed by atoms with Crippen molar-refractivity contribution in [3.63, 3.8) is 0 Å². The summed E-state index contributed by atoms with van der Waals surface area (Å²) in [5.74, 6) is 1.65. The zero-order chi connectivity index (χ0) is 15.7. The van der Waals surface area contributed by atoms with Crippen LogP contribution in [0.15, 0.2) is 0 Å². The van der Waals surface area contributed by atoms with Gasteiger partial charge in [0, 0.05) is 39.3 Å². The summed E-state index contributed by atoms with van der Waals surface area (Å²) in [6.07, 6.45) is 7.71. The van der Waals surface area contributed by atoms with E-state index in [4.69, 9.17) is 14.2 Å². The second-order valence-corrected chi connectivity index (χ2v) is 7.93. The van der Waals surface area contributed by atoms with Crippen molar-refractivity contribution in [3.8, 4) is 0 Å². The fourth-order valence-electron chi connectivity index (χ4n) is 4.05. The van der Waals surface area contributed by atoms with E-state index in [0.717, 1.165) is 71.6 Å². The summed E-state index contributed by atoms with van der Waals surface area (Å²) in [5.41, 5.74) is -0.113. The van der Waals surface area contributed by atoms with Crippen molar-refractivity contribution >= 4 is 5.91 Å². The molecule has 0 N–H and O–H groups in total. The molecule has 0 unspecified atom stereocenters. The number of hydrogen-bond acceptors (Lipinski definition) is 4. The molecule has 23 heavy (non-hydrogen) atoms. The smallest absolute Gasteiger partial charge is 0.223 e. The first kappa shape index (κ1) is 15.9. The van der Waals surface area contributed by atoms with Crippen molar-refractivity contribution in [3.05, 3.63) is 0 Å². The fourth-order valence-corrected chi connectivity index (χ4v) is 4.05. The maximum Gasteiger partial charge on any atom is 0.223 e. The Bertz CT molecular complexity index is 425. The van der Waals surface area contributed by atoms with Crippen LogP contribution in [0.2, 0.25) is 0 Å². The number of hydrogen-bond donors (Lipinski definition) is 0. The highest BCUT2D eigenvalue weighted by Crippen LogP contribution is 2.38. The number of amides is 1. The van der Waals surface area contributed by atoms with Gasteiger partial charge in [-0.25, -0.2) is 0 Å². The first-order valence-corrected chi connectivity index (χ1v) is 9.33. The minimum Gasteiger partial charge on any atom is -0.381 e. The Kier molecular flexibility index (Phi) is 4.61. The normalized spacial score (nSPS) is 31.1. The Labute approximate surface area is 138 Å². The maximum atomic E-state index is 12.1. The van der Waals surface area contributed by atoms with E-state index in [-0.39, 0.29) is 5.60 Å². The summed E-state index contributed by atoms with van der Waals surface area (Å²) in [6, 6.07) is 0. The summed E-state index contributed by atoms with van der Waals surface area (Å²) in [6.45, 7) is 4.93. The molecule has 3 saturated heterocycles. The van der Waals surface area contributed by atoms with Gasteiger partial charge >= 0.3 is 0 Å². The van der Waals surface area contributed by atoms with Crippen LogP contribution in [0.4, 0.5) is 0 Å². The van der Waals surface area contributed by atoms with Gasteiger partial charge in [-0.15, -0.1) is 0 Å². The van der Waals surface area contributed by atoms with E-state index >= 15 is 0 Å². The number of carbonyl (C=O) groups excluding carboxylic acids is 1. The molecule has 1 saturated carbocycles. The Morgan fingerprint density at radius 2 is 1.83 bits per heavy atom. The molecule has 0 radical (unpaired) electrons. The van der Waals surface area contributed by atoms with Crippen LogP contribution in [-0.4, -0.2) is 62.0 Å². The lowest BCUT2D eigenvalue weighted by Gasteiger charge is -2.53. The van der Waals surface area contributed by atoms with Crippen molar-refractivity contribution in [2.75, 3.05) is 39.5 Å². The molecule has 0 aromatic heterocycles. The Balaban J connectivity index is 1.21. The molecule has 0 aromatic rings. The molecule has 3 heterocycles. The van der Waals surface area contributed by atoms with E-state index in [2.05, 4.69) is 0 Å². The molecule has 5 nitrogen and oxygen atoms in total. The molecule has 1 aliphatic carbocycles. The summed E-state index contributed by atoms with van der Waals surface area (Å²) in [4.78, 5) is 14.1. The number of carbonyl (C=O) groups is 1. The molecule has 4 aliphatic rings. The lowest BCUT2D eigenvalue weighted by molar-refractivity contribution is -0.203. The molecule has 4 rings (SSSR count). The molecule has 130 valence electrons. The average Bonchev–Trinajstić information content (AvgIpc) is 3.36. The van der Waals surface area contributed by atoms with Crippen LogP contribution in [-0.2, 0) is 19.0 Å². The Morgan fingerprint density at radius 3 is 2.57 bits per heavy atom. The lowest BCUT2D eigenvalue weighted by Crippen LogP contribution is -2.67. The van der Waals surface area contributed by atoms with Gasteiger partial charge in [0.25, 0.3) is 0 Å². The SMILES string of the molecule is O=C(CC1CC1)N1CC2(C[C@H](OCC3CCOCC3)CCO2)C1. The van der Waals surface area contributed by atoms with Gasteiger partial charge in [-0.05, 0) is 43.9 Å². The molecule has 4 fully saturated rings. The van der Waals surface area contributed by atoms with Crippen molar-refractivity contribution in [1.29, 1.82) is 0 Å². The Hall–Kier alpha value is -0.650. The third-order valence-corrected chi connectivity index (χ3v) is 5.83. The number of rotatable bonds is 5. The third kappa shape index (κ3) is 3.89.